The van der Waals surface area contributed by atoms with Gasteiger partial charge < -0.3 is 10.8 Å². The molecule has 0 aliphatic rings. The van der Waals surface area contributed by atoms with Gasteiger partial charge in [0.2, 0.25) is 5.28 Å². The van der Waals surface area contributed by atoms with E-state index in [-0.39, 0.29) is 17.4 Å². The molecule has 0 aliphatic carbocycles. The van der Waals surface area contributed by atoms with Gasteiger partial charge in [-0.1, -0.05) is 0 Å². The molecule has 0 bridgehead atoms. The summed E-state index contributed by atoms with van der Waals surface area (Å²) in [6.45, 7) is 1.81. The summed E-state index contributed by atoms with van der Waals surface area (Å²) in [7, 11) is 0. The molecule has 2 rings (SSSR count). The molecule has 4 N–H and O–H groups in total. The average Bonchev–Trinajstić information content (AvgIpc) is 2.60. The van der Waals surface area contributed by atoms with Crippen molar-refractivity contribution in [1.82, 2.24) is 19.7 Å². The third-order valence-corrected chi connectivity index (χ3v) is 2.65. The standard InChI is InChI=1S/C9H12ClN5O2/c1-4(16)5(11)3-15-7-6(2-12-15)13-9(10)14-8(7)17/h2,4-5,16H,3,11H2,1H3,(H,13,14,17). The zero-order valence-corrected chi connectivity index (χ0v) is 9.85. The maximum Gasteiger partial charge on any atom is 0.278 e. The van der Waals surface area contributed by atoms with E-state index in [2.05, 4.69) is 15.1 Å². The number of fused-ring (bicyclic) bond motifs is 1. The van der Waals surface area contributed by atoms with E-state index >= 15 is 0 Å². The van der Waals surface area contributed by atoms with Crippen molar-refractivity contribution in [2.24, 2.45) is 5.73 Å². The summed E-state index contributed by atoms with van der Waals surface area (Å²) < 4.78 is 1.41. The Labute approximate surface area is 101 Å². The highest BCUT2D eigenvalue weighted by Gasteiger charge is 2.15. The number of nitrogens with two attached hydrogens (primary N) is 1. The number of nitrogens with one attached hydrogen (secondary N) is 1. The number of aromatic amines is 1. The average molecular weight is 258 g/mol. The van der Waals surface area contributed by atoms with Crippen LogP contribution in [-0.2, 0) is 6.54 Å². The number of rotatable bonds is 3. The first-order valence-corrected chi connectivity index (χ1v) is 5.42. The van der Waals surface area contributed by atoms with Crippen LogP contribution in [0.15, 0.2) is 11.0 Å². The second-order valence-electron chi connectivity index (χ2n) is 3.82. The van der Waals surface area contributed by atoms with Crippen molar-refractivity contribution in [3.05, 3.63) is 21.8 Å². The van der Waals surface area contributed by atoms with Gasteiger partial charge in [0.15, 0.2) is 5.52 Å². The van der Waals surface area contributed by atoms with Crippen LogP contribution in [0.3, 0.4) is 0 Å². The molecule has 17 heavy (non-hydrogen) atoms. The molecule has 0 fully saturated rings. The Hall–Kier alpha value is -1.44. The van der Waals surface area contributed by atoms with Gasteiger partial charge in [0.1, 0.15) is 5.52 Å². The third kappa shape index (κ3) is 2.31. The van der Waals surface area contributed by atoms with Crippen LogP contribution < -0.4 is 11.3 Å². The Morgan fingerprint density at radius 1 is 1.71 bits per heavy atom. The molecular formula is C9H12ClN5O2. The van der Waals surface area contributed by atoms with Crippen molar-refractivity contribution < 1.29 is 5.11 Å². The van der Waals surface area contributed by atoms with Crippen LogP contribution in [0.4, 0.5) is 0 Å². The lowest BCUT2D eigenvalue weighted by molar-refractivity contribution is 0.153. The van der Waals surface area contributed by atoms with Crippen molar-refractivity contribution in [2.75, 3.05) is 0 Å². The summed E-state index contributed by atoms with van der Waals surface area (Å²) in [5.74, 6) is 0. The first kappa shape index (κ1) is 12.0. The van der Waals surface area contributed by atoms with Gasteiger partial charge >= 0.3 is 0 Å². The second kappa shape index (κ2) is 4.44. The number of nitrogens with zero attached hydrogens (tertiary/aromatic N) is 3. The second-order valence-corrected chi connectivity index (χ2v) is 4.18. The highest BCUT2D eigenvalue weighted by atomic mass is 35.5. The molecule has 0 saturated heterocycles. The Balaban J connectivity index is 2.46. The Morgan fingerprint density at radius 2 is 2.41 bits per heavy atom. The SMILES string of the molecule is CC(O)C(N)Cn1ncc2nc(Cl)[nH]c(=O)c21. The smallest absolute Gasteiger partial charge is 0.278 e. The zero-order chi connectivity index (χ0) is 12.6. The normalized spacial score (nSPS) is 15.1. The molecule has 7 nitrogen and oxygen atoms in total. The van der Waals surface area contributed by atoms with E-state index in [1.54, 1.807) is 6.92 Å². The van der Waals surface area contributed by atoms with E-state index in [9.17, 15) is 9.90 Å². The van der Waals surface area contributed by atoms with Crippen LogP contribution in [0.2, 0.25) is 5.28 Å². The van der Waals surface area contributed by atoms with Gasteiger partial charge in [-0.05, 0) is 18.5 Å². The molecule has 2 heterocycles. The molecule has 0 amide bonds. The molecule has 0 spiro atoms. The molecule has 2 atom stereocenters. The fourth-order valence-corrected chi connectivity index (χ4v) is 1.64. The first-order chi connectivity index (χ1) is 7.99. The molecule has 2 aromatic heterocycles. The molecule has 0 saturated carbocycles. The van der Waals surface area contributed by atoms with E-state index in [4.69, 9.17) is 17.3 Å². The lowest BCUT2D eigenvalue weighted by Crippen LogP contribution is -2.37. The number of hydrogen-bond acceptors (Lipinski definition) is 5. The minimum Gasteiger partial charge on any atom is -0.392 e. The summed E-state index contributed by atoms with van der Waals surface area (Å²) in [4.78, 5) is 18.0. The highest BCUT2D eigenvalue weighted by Crippen LogP contribution is 2.09. The number of aliphatic hydroxyl groups excluding tert-OH is 1. The molecule has 0 aromatic carbocycles. The van der Waals surface area contributed by atoms with Gasteiger partial charge in [0.05, 0.1) is 18.8 Å². The van der Waals surface area contributed by atoms with Crippen LogP contribution in [0.25, 0.3) is 11.0 Å². The van der Waals surface area contributed by atoms with Gasteiger partial charge in [0, 0.05) is 6.04 Å². The first-order valence-electron chi connectivity index (χ1n) is 5.04. The lowest BCUT2D eigenvalue weighted by atomic mass is 10.2. The Kier molecular flexibility index (Phi) is 3.14. The molecule has 2 unspecified atom stereocenters. The van der Waals surface area contributed by atoms with Gasteiger partial charge in [-0.3, -0.25) is 14.5 Å². The lowest BCUT2D eigenvalue weighted by Gasteiger charge is -2.14. The number of hydrogen-bond donors (Lipinski definition) is 3. The van der Waals surface area contributed by atoms with Crippen LogP contribution in [0.5, 0.6) is 0 Å². The predicted octanol–water partition coefficient (Wildman–Crippen LogP) is -0.519. The van der Waals surface area contributed by atoms with Gasteiger partial charge in [-0.25, -0.2) is 4.98 Å². The van der Waals surface area contributed by atoms with Gasteiger partial charge in [-0.2, -0.15) is 5.10 Å². The molecule has 0 aliphatic heterocycles. The maximum absolute atomic E-state index is 11.7. The Bertz CT molecular complexity index is 591. The van der Waals surface area contributed by atoms with Crippen molar-refractivity contribution in [1.29, 1.82) is 0 Å². The van der Waals surface area contributed by atoms with Crippen molar-refractivity contribution in [3.63, 3.8) is 0 Å². The van der Waals surface area contributed by atoms with Gasteiger partial charge in [-0.15, -0.1) is 0 Å². The predicted molar refractivity (Wildman–Crippen MR) is 62.8 cm³/mol. The highest BCUT2D eigenvalue weighted by molar-refractivity contribution is 6.28. The number of aliphatic hydroxyl groups is 1. The number of halogens is 1. The fourth-order valence-electron chi connectivity index (χ4n) is 1.47. The molecule has 92 valence electrons. The van der Waals surface area contributed by atoms with E-state index in [0.29, 0.717) is 11.0 Å². The summed E-state index contributed by atoms with van der Waals surface area (Å²) in [5.41, 5.74) is 6.03. The van der Waals surface area contributed by atoms with E-state index in [1.807, 2.05) is 0 Å². The Morgan fingerprint density at radius 3 is 3.06 bits per heavy atom. The van der Waals surface area contributed by atoms with Crippen LogP contribution in [0, 0.1) is 0 Å². The summed E-state index contributed by atoms with van der Waals surface area (Å²) >= 11 is 5.62. The number of aromatic nitrogens is 4. The third-order valence-electron chi connectivity index (χ3n) is 2.47. The zero-order valence-electron chi connectivity index (χ0n) is 9.09. The largest absolute Gasteiger partial charge is 0.392 e. The van der Waals surface area contributed by atoms with Crippen LogP contribution >= 0.6 is 11.6 Å². The van der Waals surface area contributed by atoms with Gasteiger partial charge in [0.25, 0.3) is 5.56 Å². The maximum atomic E-state index is 11.7. The molecular weight excluding hydrogens is 246 g/mol. The summed E-state index contributed by atoms with van der Waals surface area (Å²) in [6.07, 6.45) is 0.749. The van der Waals surface area contributed by atoms with Crippen molar-refractivity contribution in [3.8, 4) is 0 Å². The van der Waals surface area contributed by atoms with Crippen molar-refractivity contribution in [2.45, 2.75) is 25.6 Å². The minimum absolute atomic E-state index is 0.0156. The molecule has 2 aromatic rings. The monoisotopic (exact) mass is 257 g/mol. The van der Waals surface area contributed by atoms with E-state index in [1.165, 1.54) is 10.9 Å². The van der Waals surface area contributed by atoms with E-state index in [0.717, 1.165) is 0 Å². The topological polar surface area (TPSA) is 110 Å². The van der Waals surface area contributed by atoms with Crippen molar-refractivity contribution >= 4 is 22.6 Å². The van der Waals surface area contributed by atoms with Crippen LogP contribution in [0.1, 0.15) is 6.92 Å². The molecule has 8 heteroatoms. The summed E-state index contributed by atoms with van der Waals surface area (Å²) in [6, 6.07) is -0.506. The fraction of sp³-hybridized carbons (Fsp3) is 0.444. The van der Waals surface area contributed by atoms with Crippen LogP contribution in [-0.4, -0.2) is 37.0 Å². The minimum atomic E-state index is -0.686. The molecule has 0 radical (unpaired) electrons. The number of H-pyrrole nitrogens is 1. The summed E-state index contributed by atoms with van der Waals surface area (Å²) in [5, 5.41) is 13.3. The quantitative estimate of drug-likeness (QED) is 0.641. The van der Waals surface area contributed by atoms with E-state index < -0.39 is 12.1 Å².